The molecule has 0 radical (unpaired) electrons. The van der Waals surface area contributed by atoms with E-state index in [1.807, 2.05) is 6.08 Å². The molecule has 0 aromatic rings. The normalized spacial score (nSPS) is 18.6. The van der Waals surface area contributed by atoms with Gasteiger partial charge in [-0.15, -0.1) is 0 Å². The Morgan fingerprint density at radius 2 is 0.823 bits per heavy atom. The zero-order chi connectivity index (χ0) is 57.3. The highest BCUT2D eigenvalue weighted by atomic mass is 16.7. The lowest BCUT2D eigenvalue weighted by molar-refractivity contribution is -0.302. The molecule has 0 bridgehead atoms. The molecule has 1 fully saturated rings. The maximum absolute atomic E-state index is 13.1. The van der Waals surface area contributed by atoms with E-state index in [4.69, 9.17) is 14.2 Å². The summed E-state index contributed by atoms with van der Waals surface area (Å²) in [5.74, 6) is -0.189. The number of aliphatic hydroxyl groups excluding tert-OH is 5. The van der Waals surface area contributed by atoms with E-state index in [2.05, 4.69) is 43.5 Å². The average Bonchev–Trinajstić information content (AvgIpc) is 3.50. The molecule has 1 aliphatic heterocycles. The number of esters is 1. The van der Waals surface area contributed by atoms with E-state index in [0.717, 1.165) is 57.8 Å². The van der Waals surface area contributed by atoms with Crippen LogP contribution in [0.3, 0.4) is 0 Å². The smallest absolute Gasteiger partial charge is 0.305 e. The number of nitrogens with one attached hydrogen (secondary N) is 1. The Morgan fingerprint density at radius 1 is 0.456 bits per heavy atom. The summed E-state index contributed by atoms with van der Waals surface area (Å²) in [6.45, 7) is 4.34. The number of unbranched alkanes of at least 4 members (excludes halogenated alkanes) is 41. The maximum Gasteiger partial charge on any atom is 0.305 e. The monoisotopic (exact) mass is 1120 g/mol. The van der Waals surface area contributed by atoms with E-state index < -0.39 is 49.5 Å². The fraction of sp³-hybridized carbons (Fsp3) is 0.882. The van der Waals surface area contributed by atoms with Gasteiger partial charge in [-0.25, -0.2) is 0 Å². The van der Waals surface area contributed by atoms with Gasteiger partial charge in [-0.2, -0.15) is 0 Å². The van der Waals surface area contributed by atoms with Crippen molar-refractivity contribution in [3.63, 3.8) is 0 Å². The van der Waals surface area contributed by atoms with Crippen LogP contribution in [0.5, 0.6) is 0 Å². The first-order valence-corrected chi connectivity index (χ1v) is 33.8. The van der Waals surface area contributed by atoms with E-state index in [9.17, 15) is 35.1 Å². The van der Waals surface area contributed by atoms with Crippen molar-refractivity contribution in [2.24, 2.45) is 0 Å². The third-order valence-electron chi connectivity index (χ3n) is 16.0. The Balaban J connectivity index is 2.03. The standard InChI is InChI=1S/C68H127NO10/c1-3-5-7-9-11-13-15-16-31-35-38-42-46-50-54-61(71)60(59-78-68-67(76)66(75)65(74)62(58-70)79-68)69-63(72)55-51-47-43-39-36-32-29-27-25-23-21-19-17-18-20-22-24-26-28-30-33-37-41-45-49-53-57-77-64(73)56-52-48-44-40-34-14-12-10-8-6-4-2/h17,19,35,38,50,54,60-62,65-68,70-71,74-76H,3-16,18,20-34,36-37,39-49,51-53,55-59H2,1-2H3,(H,69,72)/b19-17-,38-35+,54-50+. The molecule has 11 heteroatoms. The molecule has 7 atom stereocenters. The van der Waals surface area contributed by atoms with Crippen LogP contribution in [0.25, 0.3) is 0 Å². The van der Waals surface area contributed by atoms with Gasteiger partial charge in [-0.3, -0.25) is 9.59 Å². The highest BCUT2D eigenvalue weighted by molar-refractivity contribution is 5.76. The Morgan fingerprint density at radius 3 is 1.25 bits per heavy atom. The van der Waals surface area contributed by atoms with Gasteiger partial charge in [0.05, 0.1) is 32.0 Å². The highest BCUT2D eigenvalue weighted by Gasteiger charge is 2.44. The summed E-state index contributed by atoms with van der Waals surface area (Å²) in [5.41, 5.74) is 0. The number of carbonyl (C=O) groups is 2. The lowest BCUT2D eigenvalue weighted by Crippen LogP contribution is -2.60. The van der Waals surface area contributed by atoms with Crippen LogP contribution in [0.15, 0.2) is 36.5 Å². The predicted molar refractivity (Wildman–Crippen MR) is 329 cm³/mol. The third-order valence-corrected chi connectivity index (χ3v) is 16.0. The van der Waals surface area contributed by atoms with Crippen LogP contribution in [-0.2, 0) is 23.8 Å². The van der Waals surface area contributed by atoms with Crippen LogP contribution >= 0.6 is 0 Å². The molecule has 11 nitrogen and oxygen atoms in total. The fourth-order valence-electron chi connectivity index (χ4n) is 10.6. The van der Waals surface area contributed by atoms with Gasteiger partial charge in [0.25, 0.3) is 0 Å². The SMILES string of the molecule is CCCCCCCCCC/C=C/CC/C=C/C(O)C(COC1OC(CO)C(O)C(O)C1O)NC(=O)CCCCCCCCCCCC/C=C\CCCCCCCCCCCCCCOC(=O)CCCCCCCCCCCCC. The van der Waals surface area contributed by atoms with E-state index in [1.165, 1.54) is 238 Å². The zero-order valence-corrected chi connectivity index (χ0v) is 51.3. The molecule has 464 valence electrons. The van der Waals surface area contributed by atoms with Crippen molar-refractivity contribution >= 4 is 11.9 Å². The molecular formula is C68H127NO10. The summed E-state index contributed by atoms with van der Waals surface area (Å²) in [6, 6.07) is -0.829. The highest BCUT2D eigenvalue weighted by Crippen LogP contribution is 2.23. The van der Waals surface area contributed by atoms with Crippen LogP contribution in [0.2, 0.25) is 0 Å². The fourth-order valence-corrected chi connectivity index (χ4v) is 10.6. The van der Waals surface area contributed by atoms with Gasteiger partial charge in [-0.05, 0) is 70.6 Å². The average molecular weight is 1120 g/mol. The zero-order valence-electron chi connectivity index (χ0n) is 51.3. The number of allylic oxidation sites excluding steroid dienone is 5. The Hall–Kier alpha value is -2.12. The predicted octanol–water partition coefficient (Wildman–Crippen LogP) is 16.6. The second-order valence-corrected chi connectivity index (χ2v) is 23.5. The number of hydrogen-bond acceptors (Lipinski definition) is 10. The molecule has 1 saturated heterocycles. The quantitative estimate of drug-likeness (QED) is 0.0195. The van der Waals surface area contributed by atoms with Crippen LogP contribution in [-0.4, -0.2) is 100 Å². The van der Waals surface area contributed by atoms with Crippen molar-refractivity contribution in [2.45, 2.75) is 365 Å². The Kier molecular flexibility index (Phi) is 54.7. The summed E-state index contributed by atoms with van der Waals surface area (Å²) < 4.78 is 16.7. The number of aliphatic hydroxyl groups is 5. The number of carbonyl (C=O) groups excluding carboxylic acids is 2. The molecule has 1 aliphatic rings. The van der Waals surface area contributed by atoms with Crippen molar-refractivity contribution in [3.05, 3.63) is 36.5 Å². The number of amides is 1. The minimum absolute atomic E-state index is 0.00380. The van der Waals surface area contributed by atoms with Crippen molar-refractivity contribution in [1.82, 2.24) is 5.32 Å². The van der Waals surface area contributed by atoms with Gasteiger partial charge in [0, 0.05) is 12.8 Å². The van der Waals surface area contributed by atoms with Crippen molar-refractivity contribution < 1.29 is 49.3 Å². The molecule has 7 unspecified atom stereocenters. The van der Waals surface area contributed by atoms with E-state index >= 15 is 0 Å². The molecule has 1 amide bonds. The second-order valence-electron chi connectivity index (χ2n) is 23.5. The number of hydrogen-bond donors (Lipinski definition) is 6. The molecule has 6 N–H and O–H groups in total. The lowest BCUT2D eigenvalue weighted by Gasteiger charge is -2.40. The minimum atomic E-state index is -1.58. The minimum Gasteiger partial charge on any atom is -0.466 e. The first kappa shape index (κ1) is 74.9. The molecule has 0 aliphatic carbocycles. The first-order chi connectivity index (χ1) is 38.7. The van der Waals surface area contributed by atoms with E-state index in [0.29, 0.717) is 19.4 Å². The van der Waals surface area contributed by atoms with E-state index in [1.54, 1.807) is 6.08 Å². The van der Waals surface area contributed by atoms with Gasteiger partial charge < -0.3 is 45.1 Å². The summed E-state index contributed by atoms with van der Waals surface area (Å²) in [4.78, 5) is 25.1. The molecule has 0 saturated carbocycles. The molecule has 0 spiro atoms. The molecule has 0 aromatic carbocycles. The van der Waals surface area contributed by atoms with E-state index in [-0.39, 0.29) is 18.5 Å². The Bertz CT molecular complexity index is 1410. The van der Waals surface area contributed by atoms with Gasteiger partial charge in [-0.1, -0.05) is 275 Å². The van der Waals surface area contributed by atoms with Gasteiger partial charge >= 0.3 is 5.97 Å². The molecule has 1 rings (SSSR count). The van der Waals surface area contributed by atoms with Crippen LogP contribution in [0.4, 0.5) is 0 Å². The van der Waals surface area contributed by atoms with Gasteiger partial charge in [0.1, 0.15) is 24.4 Å². The van der Waals surface area contributed by atoms with Gasteiger partial charge in [0.15, 0.2) is 6.29 Å². The first-order valence-electron chi connectivity index (χ1n) is 33.8. The molecular weight excluding hydrogens is 991 g/mol. The summed E-state index contributed by atoms with van der Waals surface area (Å²) >= 11 is 0. The van der Waals surface area contributed by atoms with Crippen LogP contribution < -0.4 is 5.32 Å². The summed E-state index contributed by atoms with van der Waals surface area (Å²) in [5, 5.41) is 54.5. The maximum atomic E-state index is 13.1. The molecule has 79 heavy (non-hydrogen) atoms. The van der Waals surface area contributed by atoms with Crippen LogP contribution in [0, 0.1) is 0 Å². The van der Waals surface area contributed by atoms with Crippen molar-refractivity contribution in [1.29, 1.82) is 0 Å². The number of rotatable bonds is 59. The third kappa shape index (κ3) is 47.0. The summed E-state index contributed by atoms with van der Waals surface area (Å²) in [6.07, 6.45) is 62.6. The summed E-state index contributed by atoms with van der Waals surface area (Å²) in [7, 11) is 0. The van der Waals surface area contributed by atoms with Crippen molar-refractivity contribution in [2.75, 3.05) is 19.8 Å². The number of ether oxygens (including phenoxy) is 3. The topological polar surface area (TPSA) is 175 Å². The van der Waals surface area contributed by atoms with Crippen molar-refractivity contribution in [3.8, 4) is 0 Å². The second kappa shape index (κ2) is 57.7. The van der Waals surface area contributed by atoms with Crippen LogP contribution in [0.1, 0.15) is 322 Å². The molecule has 1 heterocycles. The van der Waals surface area contributed by atoms with Gasteiger partial charge in [0.2, 0.25) is 5.91 Å². The Labute approximate surface area is 485 Å². The lowest BCUT2D eigenvalue weighted by atomic mass is 9.99. The molecule has 0 aromatic heterocycles. The largest absolute Gasteiger partial charge is 0.466 e.